The Morgan fingerprint density at radius 1 is 0.982 bits per heavy atom. The second-order valence-electron chi connectivity index (χ2n) is 15.1. The van der Waals surface area contributed by atoms with Crippen LogP contribution in [0.5, 0.6) is 5.75 Å². The minimum atomic E-state index is -0.940. The highest BCUT2D eigenvalue weighted by molar-refractivity contribution is 7.98. The summed E-state index contributed by atoms with van der Waals surface area (Å²) in [6.45, 7) is 14.4. The van der Waals surface area contributed by atoms with Gasteiger partial charge in [0.25, 0.3) is 0 Å². The predicted octanol–water partition coefficient (Wildman–Crippen LogP) is 10.2. The number of halogens is 4. The zero-order valence-electron chi connectivity index (χ0n) is 32.4. The molecular weight excluding hydrogens is 755 g/mol. The largest absolute Gasteiger partial charge is 0.495 e. The number of hydrogen-bond acceptors (Lipinski definition) is 8. The molecular formula is C40H47ClF3N5O5S. The van der Waals surface area contributed by atoms with Gasteiger partial charge >= 0.3 is 12.2 Å². The Bertz CT molecular complexity index is 1990. The van der Waals surface area contributed by atoms with Crippen molar-refractivity contribution in [2.75, 3.05) is 13.7 Å². The number of thioether (sulfide) groups is 1. The van der Waals surface area contributed by atoms with Crippen LogP contribution in [0.3, 0.4) is 0 Å². The Balaban J connectivity index is 1.41. The van der Waals surface area contributed by atoms with Gasteiger partial charge in [-0.15, -0.1) is 5.06 Å². The van der Waals surface area contributed by atoms with Gasteiger partial charge in [0.05, 0.1) is 35.9 Å². The number of hydrogen-bond donors (Lipinski definition) is 1. The van der Waals surface area contributed by atoms with Crippen molar-refractivity contribution in [2.24, 2.45) is 4.99 Å². The van der Waals surface area contributed by atoms with Crippen LogP contribution in [0.2, 0.25) is 5.02 Å². The summed E-state index contributed by atoms with van der Waals surface area (Å²) in [5, 5.41) is 4.10. The first kappa shape index (κ1) is 43.0. The summed E-state index contributed by atoms with van der Waals surface area (Å²) < 4.78 is 57.3. The highest BCUT2D eigenvalue weighted by Crippen LogP contribution is 2.39. The van der Waals surface area contributed by atoms with E-state index in [1.807, 2.05) is 30.5 Å². The van der Waals surface area contributed by atoms with E-state index in [9.17, 15) is 14.0 Å². The molecule has 15 heteroatoms. The molecule has 0 radical (unpaired) electrons. The van der Waals surface area contributed by atoms with E-state index in [-0.39, 0.29) is 17.9 Å². The fraction of sp³-hybridized carbons (Fsp3) is 0.400. The summed E-state index contributed by atoms with van der Waals surface area (Å²) in [5.41, 5.74) is 0.288. The van der Waals surface area contributed by atoms with Crippen molar-refractivity contribution in [3.63, 3.8) is 0 Å². The Labute approximate surface area is 329 Å². The SMILES string of the molecule is COc1cc(C(C)(C)c2cnc(SCc3c(F)cc(CCCN=CNC(=O)ON(C(=O)OC(C)(C)C)C(C)(C)C)cc3F)n2-c2ccc(F)cc2)ccc1Cl. The molecule has 0 unspecified atom stereocenters. The van der Waals surface area contributed by atoms with Crippen LogP contribution < -0.4 is 10.1 Å². The Morgan fingerprint density at radius 3 is 2.24 bits per heavy atom. The molecule has 4 aromatic rings. The highest BCUT2D eigenvalue weighted by atomic mass is 35.5. The molecule has 0 atom stereocenters. The predicted molar refractivity (Wildman–Crippen MR) is 209 cm³/mol. The van der Waals surface area contributed by atoms with Crippen LogP contribution in [0.25, 0.3) is 5.69 Å². The van der Waals surface area contributed by atoms with Crippen molar-refractivity contribution >= 4 is 41.9 Å². The molecule has 1 aromatic heterocycles. The van der Waals surface area contributed by atoms with Crippen molar-refractivity contribution in [3.05, 3.63) is 106 Å². The van der Waals surface area contributed by atoms with Crippen LogP contribution in [0, 0.1) is 17.5 Å². The normalized spacial score (nSPS) is 12.2. The molecule has 10 nitrogen and oxygen atoms in total. The zero-order chi connectivity index (χ0) is 40.7. The summed E-state index contributed by atoms with van der Waals surface area (Å²) >= 11 is 7.45. The van der Waals surface area contributed by atoms with Crippen LogP contribution in [-0.4, -0.2) is 57.9 Å². The van der Waals surface area contributed by atoms with E-state index >= 15 is 8.78 Å². The molecule has 0 saturated heterocycles. The number of nitrogens with one attached hydrogen (secondary N) is 1. The first-order valence-electron chi connectivity index (χ1n) is 17.5. The number of amides is 2. The van der Waals surface area contributed by atoms with Crippen LogP contribution in [0.4, 0.5) is 22.8 Å². The molecule has 0 saturated carbocycles. The molecule has 1 N–H and O–H groups in total. The maximum Gasteiger partial charge on any atom is 0.444 e. The fourth-order valence-electron chi connectivity index (χ4n) is 5.39. The molecule has 4 rings (SSSR count). The molecule has 0 aliphatic rings. The maximum absolute atomic E-state index is 15.4. The number of hydroxylamine groups is 2. The number of methoxy groups -OCH3 is 1. The Morgan fingerprint density at radius 2 is 1.64 bits per heavy atom. The lowest BCUT2D eigenvalue weighted by atomic mass is 9.81. The van der Waals surface area contributed by atoms with Crippen molar-refractivity contribution in [3.8, 4) is 11.4 Å². The second kappa shape index (κ2) is 17.8. The molecule has 296 valence electrons. The highest BCUT2D eigenvalue weighted by Gasteiger charge is 2.35. The van der Waals surface area contributed by atoms with Crippen molar-refractivity contribution in [1.82, 2.24) is 19.9 Å². The molecule has 0 spiro atoms. The molecule has 2 amide bonds. The molecule has 0 aliphatic heterocycles. The van der Waals surface area contributed by atoms with Crippen molar-refractivity contribution < 1.29 is 37.1 Å². The number of aliphatic imine (C=N–C) groups is 1. The van der Waals surface area contributed by atoms with Crippen molar-refractivity contribution in [2.45, 2.75) is 95.7 Å². The lowest BCUT2D eigenvalue weighted by Crippen LogP contribution is -2.50. The molecule has 0 bridgehead atoms. The Kier molecular flexibility index (Phi) is 14.0. The van der Waals surface area contributed by atoms with Gasteiger partial charge in [-0.25, -0.2) is 27.7 Å². The van der Waals surface area contributed by atoms with Crippen LogP contribution in [-0.2, 0) is 27.2 Å². The summed E-state index contributed by atoms with van der Waals surface area (Å²) in [5.74, 6) is -1.34. The summed E-state index contributed by atoms with van der Waals surface area (Å²) in [6, 6.07) is 14.0. The van der Waals surface area contributed by atoms with E-state index in [2.05, 4.69) is 15.3 Å². The second-order valence-corrected chi connectivity index (χ2v) is 16.5. The summed E-state index contributed by atoms with van der Waals surface area (Å²) in [4.78, 5) is 38.8. The topological polar surface area (TPSA) is 107 Å². The van der Waals surface area contributed by atoms with E-state index < -0.39 is 46.2 Å². The first-order valence-corrected chi connectivity index (χ1v) is 18.9. The van der Waals surface area contributed by atoms with E-state index in [0.717, 1.165) is 34.4 Å². The molecule has 1 heterocycles. The van der Waals surface area contributed by atoms with Gasteiger partial charge in [0.1, 0.15) is 28.8 Å². The summed E-state index contributed by atoms with van der Waals surface area (Å²) in [6.07, 6.45) is 1.83. The van der Waals surface area contributed by atoms with Crippen LogP contribution >= 0.6 is 23.4 Å². The minimum absolute atomic E-state index is 0.0581. The standard InChI is InChI=1S/C40H47ClF3N5O5S/c1-38(2,3)49(37(51)53-39(4,5)6)54-36(50)47-24-45-18-10-11-25-19-31(43)29(32(44)20-25)23-55-35-46-22-34(48(35)28-15-13-27(42)14-16-28)40(7,8)26-12-17-30(41)33(21-26)52-9/h12-17,19-22,24H,10-11,18,23H2,1-9H3,(H,45,47,50). The van der Waals surface area contributed by atoms with Gasteiger partial charge in [-0.3, -0.25) is 14.9 Å². The smallest absolute Gasteiger partial charge is 0.444 e. The molecule has 3 aromatic carbocycles. The van der Waals surface area contributed by atoms with Crippen molar-refractivity contribution in [1.29, 1.82) is 0 Å². The first-order chi connectivity index (χ1) is 25.7. The molecule has 55 heavy (non-hydrogen) atoms. The van der Waals surface area contributed by atoms with E-state index in [0.29, 0.717) is 40.0 Å². The van der Waals surface area contributed by atoms with Gasteiger partial charge in [0, 0.05) is 29.0 Å². The van der Waals surface area contributed by atoms with Gasteiger partial charge in [-0.1, -0.05) is 43.3 Å². The third kappa shape index (κ3) is 11.4. The van der Waals surface area contributed by atoms with Gasteiger partial charge in [0.2, 0.25) is 0 Å². The van der Waals surface area contributed by atoms with Gasteiger partial charge < -0.3 is 14.3 Å². The lowest BCUT2D eigenvalue weighted by molar-refractivity contribution is -0.144. The molecule has 0 fully saturated rings. The number of carbonyl (C=O) groups is 2. The van der Waals surface area contributed by atoms with E-state index in [4.69, 9.17) is 25.9 Å². The number of benzene rings is 3. The van der Waals surface area contributed by atoms with Crippen LogP contribution in [0.1, 0.15) is 84.2 Å². The monoisotopic (exact) mass is 801 g/mol. The quantitative estimate of drug-likeness (QED) is 0.0500. The van der Waals surface area contributed by atoms with Gasteiger partial charge in [0.15, 0.2) is 5.16 Å². The van der Waals surface area contributed by atoms with Gasteiger partial charge in [-0.05, 0) is 114 Å². The fourth-order valence-corrected chi connectivity index (χ4v) is 6.59. The summed E-state index contributed by atoms with van der Waals surface area (Å²) in [7, 11) is 1.54. The third-order valence-electron chi connectivity index (χ3n) is 8.24. The lowest BCUT2D eigenvalue weighted by Gasteiger charge is -2.34. The maximum atomic E-state index is 15.4. The zero-order valence-corrected chi connectivity index (χ0v) is 34.0. The number of imidazole rings is 1. The number of nitrogens with zero attached hydrogens (tertiary/aromatic N) is 4. The average molecular weight is 802 g/mol. The van der Waals surface area contributed by atoms with E-state index in [1.54, 1.807) is 65.9 Å². The van der Waals surface area contributed by atoms with Crippen LogP contribution in [0.15, 0.2) is 70.9 Å². The number of aryl methyl sites for hydroxylation is 1. The average Bonchev–Trinajstić information content (AvgIpc) is 3.52. The minimum Gasteiger partial charge on any atom is -0.495 e. The Hall–Kier alpha value is -4.69. The number of ether oxygens (including phenoxy) is 2. The third-order valence-corrected chi connectivity index (χ3v) is 9.53. The number of rotatable bonds is 12. The number of carbonyl (C=O) groups excluding carboxylic acids is 2. The number of aromatic nitrogens is 2. The van der Waals surface area contributed by atoms with E-state index in [1.165, 1.54) is 31.4 Å². The van der Waals surface area contributed by atoms with Gasteiger partial charge in [-0.2, -0.15) is 0 Å². The molecule has 0 aliphatic carbocycles.